The highest BCUT2D eigenvalue weighted by Crippen LogP contribution is 2.36. The monoisotopic (exact) mass is 325 g/mol. The highest BCUT2D eigenvalue weighted by atomic mass is 79.9. The fraction of sp³-hybridized carbons (Fsp3) is 0.300. The van der Waals surface area contributed by atoms with Crippen LogP contribution in [0.2, 0.25) is 0 Å². The summed E-state index contributed by atoms with van der Waals surface area (Å²) in [6.45, 7) is 0. The first-order valence-corrected chi connectivity index (χ1v) is 5.20. The third-order valence-corrected chi connectivity index (χ3v) is 2.54. The van der Waals surface area contributed by atoms with Crippen molar-refractivity contribution in [1.29, 1.82) is 0 Å². The summed E-state index contributed by atoms with van der Waals surface area (Å²) in [4.78, 5) is 11.3. The molecule has 0 saturated heterocycles. The summed E-state index contributed by atoms with van der Waals surface area (Å²) in [6.07, 6.45) is 0. The van der Waals surface area contributed by atoms with Gasteiger partial charge in [-0.05, 0) is 12.1 Å². The van der Waals surface area contributed by atoms with E-state index in [1.807, 2.05) is 0 Å². The summed E-state index contributed by atoms with van der Waals surface area (Å²) < 4.78 is 10.1. The summed E-state index contributed by atoms with van der Waals surface area (Å²) in [7, 11) is 2.64. The molecule has 1 atom stereocenters. The average Bonchev–Trinajstić information content (AvgIpc) is 2.29. The van der Waals surface area contributed by atoms with Gasteiger partial charge in [-0.25, -0.2) is 0 Å². The van der Waals surface area contributed by atoms with Crippen molar-refractivity contribution >= 4 is 34.3 Å². The molecule has 0 radical (unpaired) electrons. The number of ether oxygens (including phenoxy) is 2. The number of phenolic OH excluding ortho intramolecular Hbond substituents is 1. The Morgan fingerprint density at radius 1 is 1.47 bits per heavy atom. The normalized spacial score (nSPS) is 11.3. The molecular weight excluding hydrogens is 313 g/mol. The van der Waals surface area contributed by atoms with Crippen LogP contribution in [0.1, 0.15) is 11.6 Å². The highest BCUT2D eigenvalue weighted by Gasteiger charge is 2.22. The van der Waals surface area contributed by atoms with E-state index in [-0.39, 0.29) is 29.5 Å². The molecule has 0 fully saturated rings. The highest BCUT2D eigenvalue weighted by molar-refractivity contribution is 9.10. The molecule has 0 bridgehead atoms. The first kappa shape index (κ1) is 16.0. The second-order valence-corrected chi connectivity index (χ2v) is 3.96. The zero-order valence-corrected chi connectivity index (χ0v) is 11.7. The number of carbonyl (C=O) groups excluding carboxylic acids is 1. The lowest BCUT2D eigenvalue weighted by atomic mass is 10.1. The minimum atomic E-state index is -1.05. The molecule has 0 aliphatic rings. The Labute approximate surface area is 113 Å². The Morgan fingerprint density at radius 3 is 2.53 bits per heavy atom. The van der Waals surface area contributed by atoms with Crippen molar-refractivity contribution in [3.8, 4) is 11.5 Å². The average molecular weight is 327 g/mol. The third kappa shape index (κ3) is 3.49. The molecule has 5 nitrogen and oxygen atoms in total. The number of rotatable bonds is 3. The predicted molar refractivity (Wildman–Crippen MR) is 68.6 cm³/mol. The van der Waals surface area contributed by atoms with Crippen LogP contribution < -0.4 is 10.5 Å². The van der Waals surface area contributed by atoms with Gasteiger partial charge in [0.1, 0.15) is 6.04 Å². The summed E-state index contributed by atoms with van der Waals surface area (Å²) in [5.74, 6) is -0.553. The van der Waals surface area contributed by atoms with Crippen LogP contribution in [-0.2, 0) is 9.53 Å². The van der Waals surface area contributed by atoms with Crippen molar-refractivity contribution in [2.24, 2.45) is 5.73 Å². The third-order valence-electron chi connectivity index (χ3n) is 2.08. The second-order valence-electron chi connectivity index (χ2n) is 3.05. The Morgan fingerprint density at radius 2 is 2.06 bits per heavy atom. The van der Waals surface area contributed by atoms with Crippen LogP contribution in [0.3, 0.4) is 0 Å². The molecule has 0 heterocycles. The largest absolute Gasteiger partial charge is 0.504 e. The maximum atomic E-state index is 11.3. The fourth-order valence-electron chi connectivity index (χ4n) is 1.24. The molecule has 17 heavy (non-hydrogen) atoms. The molecule has 96 valence electrons. The van der Waals surface area contributed by atoms with Crippen molar-refractivity contribution in [2.45, 2.75) is 6.04 Å². The molecule has 0 aromatic heterocycles. The van der Waals surface area contributed by atoms with Crippen LogP contribution in [0.15, 0.2) is 16.6 Å². The van der Waals surface area contributed by atoms with E-state index in [4.69, 9.17) is 10.5 Å². The van der Waals surface area contributed by atoms with Crippen LogP contribution in [0.4, 0.5) is 0 Å². The van der Waals surface area contributed by atoms with Gasteiger partial charge in [-0.2, -0.15) is 0 Å². The van der Waals surface area contributed by atoms with Crippen LogP contribution in [0.25, 0.3) is 0 Å². The number of hydrogen-bond donors (Lipinski definition) is 2. The van der Waals surface area contributed by atoms with Gasteiger partial charge in [0.15, 0.2) is 11.5 Å². The van der Waals surface area contributed by atoms with Crippen molar-refractivity contribution < 1.29 is 19.4 Å². The van der Waals surface area contributed by atoms with Gasteiger partial charge in [-0.1, -0.05) is 15.9 Å². The van der Waals surface area contributed by atoms with E-state index in [2.05, 4.69) is 20.7 Å². The number of methoxy groups -OCH3 is 2. The van der Waals surface area contributed by atoms with E-state index in [1.54, 1.807) is 12.1 Å². The lowest BCUT2D eigenvalue weighted by Gasteiger charge is -2.14. The van der Waals surface area contributed by atoms with Crippen LogP contribution in [-0.4, -0.2) is 25.3 Å². The van der Waals surface area contributed by atoms with Gasteiger partial charge in [-0.15, -0.1) is 12.4 Å². The molecule has 0 aliphatic heterocycles. The van der Waals surface area contributed by atoms with Crippen molar-refractivity contribution in [2.75, 3.05) is 14.2 Å². The topological polar surface area (TPSA) is 81.8 Å². The molecule has 3 N–H and O–H groups in total. The van der Waals surface area contributed by atoms with E-state index in [1.165, 1.54) is 14.2 Å². The molecule has 0 aliphatic carbocycles. The van der Waals surface area contributed by atoms with Gasteiger partial charge in [-0.3, -0.25) is 4.79 Å². The number of benzene rings is 1. The number of carbonyl (C=O) groups is 1. The molecule has 1 aromatic carbocycles. The van der Waals surface area contributed by atoms with Gasteiger partial charge in [0.2, 0.25) is 0 Å². The zero-order valence-electron chi connectivity index (χ0n) is 9.27. The minimum Gasteiger partial charge on any atom is -0.504 e. The van der Waals surface area contributed by atoms with Crippen molar-refractivity contribution in [3.63, 3.8) is 0 Å². The molecule has 0 amide bonds. The number of nitrogens with two attached hydrogens (primary N) is 1. The Balaban J connectivity index is 0.00000256. The number of phenols is 1. The standard InChI is InChI=1S/C10H12BrNO4.ClH/c1-15-7-4-5(11)3-6(9(7)13)8(12)10(14)16-2;/h3-4,8,13H,12H2,1-2H3;1H/t8-;/m1./s1. The van der Waals surface area contributed by atoms with Crippen LogP contribution in [0.5, 0.6) is 11.5 Å². The lowest BCUT2D eigenvalue weighted by Crippen LogP contribution is -2.22. The first-order valence-electron chi connectivity index (χ1n) is 4.41. The van der Waals surface area contributed by atoms with E-state index in [0.29, 0.717) is 4.47 Å². The molecular formula is C10H13BrClNO4. The van der Waals surface area contributed by atoms with E-state index in [9.17, 15) is 9.90 Å². The Hall–Kier alpha value is -0.980. The fourth-order valence-corrected chi connectivity index (χ4v) is 1.70. The Kier molecular flexibility index (Phi) is 6.30. The maximum absolute atomic E-state index is 11.3. The minimum absolute atomic E-state index is 0. The lowest BCUT2D eigenvalue weighted by molar-refractivity contribution is -0.142. The molecule has 1 rings (SSSR count). The van der Waals surface area contributed by atoms with Crippen molar-refractivity contribution in [3.05, 3.63) is 22.2 Å². The van der Waals surface area contributed by atoms with Gasteiger partial charge in [0.05, 0.1) is 14.2 Å². The predicted octanol–water partition coefficient (Wildman–Crippen LogP) is 1.76. The zero-order chi connectivity index (χ0) is 12.3. The smallest absolute Gasteiger partial charge is 0.327 e. The van der Waals surface area contributed by atoms with Gasteiger partial charge >= 0.3 is 5.97 Å². The molecule has 0 unspecified atom stereocenters. The maximum Gasteiger partial charge on any atom is 0.327 e. The summed E-state index contributed by atoms with van der Waals surface area (Å²) in [5, 5.41) is 9.79. The molecule has 0 spiro atoms. The van der Waals surface area contributed by atoms with E-state index < -0.39 is 12.0 Å². The van der Waals surface area contributed by atoms with E-state index in [0.717, 1.165) is 0 Å². The van der Waals surface area contributed by atoms with Crippen LogP contribution in [0, 0.1) is 0 Å². The number of hydrogen-bond acceptors (Lipinski definition) is 5. The summed E-state index contributed by atoms with van der Waals surface area (Å²) >= 11 is 3.23. The summed E-state index contributed by atoms with van der Waals surface area (Å²) in [5.41, 5.74) is 5.88. The van der Waals surface area contributed by atoms with E-state index >= 15 is 0 Å². The second kappa shape index (κ2) is 6.68. The van der Waals surface area contributed by atoms with Gasteiger partial charge in [0.25, 0.3) is 0 Å². The SMILES string of the molecule is COC(=O)[C@H](N)c1cc(Br)cc(OC)c1O.Cl. The molecule has 7 heteroatoms. The number of halogens is 2. The van der Waals surface area contributed by atoms with Gasteiger partial charge < -0.3 is 20.3 Å². The Bertz CT molecular complexity index is 414. The van der Waals surface area contributed by atoms with Gasteiger partial charge in [0, 0.05) is 10.0 Å². The molecule has 1 aromatic rings. The summed E-state index contributed by atoms with van der Waals surface area (Å²) in [6, 6.07) is 2.07. The number of esters is 1. The molecule has 0 saturated carbocycles. The van der Waals surface area contributed by atoms with Crippen LogP contribution >= 0.6 is 28.3 Å². The van der Waals surface area contributed by atoms with Crippen molar-refractivity contribution in [1.82, 2.24) is 0 Å². The number of aromatic hydroxyl groups is 1. The quantitative estimate of drug-likeness (QED) is 0.827. The first-order chi connectivity index (χ1) is 7.51.